The Morgan fingerprint density at radius 3 is 2.49 bits per heavy atom. The number of aryl methyl sites for hydroxylation is 1. The Kier molecular flexibility index (Phi) is 8.54. The summed E-state index contributed by atoms with van der Waals surface area (Å²) >= 11 is 6.29. The van der Waals surface area contributed by atoms with Crippen LogP contribution in [0.2, 0.25) is 5.02 Å². The average Bonchev–Trinajstić information content (AvgIpc) is 2.86. The molecule has 3 aromatic rings. The van der Waals surface area contributed by atoms with Gasteiger partial charge in [-0.25, -0.2) is 4.39 Å². The van der Waals surface area contributed by atoms with E-state index in [1.54, 1.807) is 6.07 Å². The maximum Gasteiger partial charge on any atom is 0.233 e. The molecule has 2 N–H and O–H groups in total. The molecule has 0 spiro atoms. The van der Waals surface area contributed by atoms with Gasteiger partial charge in [-0.2, -0.15) is 15.0 Å². The van der Waals surface area contributed by atoms with E-state index in [4.69, 9.17) is 16.3 Å². The first kappa shape index (κ1) is 24.9. The highest BCUT2D eigenvalue weighted by Crippen LogP contribution is 2.25. The molecule has 2 heterocycles. The summed E-state index contributed by atoms with van der Waals surface area (Å²) in [5.41, 5.74) is 2.42. The lowest BCUT2D eigenvalue weighted by Crippen LogP contribution is -2.47. The van der Waals surface area contributed by atoms with Crippen molar-refractivity contribution >= 4 is 40.8 Å². The van der Waals surface area contributed by atoms with E-state index in [9.17, 15) is 4.39 Å². The van der Waals surface area contributed by atoms with Gasteiger partial charge in [0.05, 0.1) is 5.69 Å². The second-order valence-corrected chi connectivity index (χ2v) is 8.68. The van der Waals surface area contributed by atoms with Crippen molar-refractivity contribution in [1.82, 2.24) is 15.0 Å². The maximum atomic E-state index is 14.2. The summed E-state index contributed by atoms with van der Waals surface area (Å²) in [4.78, 5) is 18.0. The molecule has 4 rings (SSSR count). The highest BCUT2D eigenvalue weighted by Gasteiger charge is 2.22. The van der Waals surface area contributed by atoms with Crippen LogP contribution in [0.15, 0.2) is 42.5 Å². The van der Waals surface area contributed by atoms with Crippen LogP contribution < -0.4 is 20.4 Å². The summed E-state index contributed by atoms with van der Waals surface area (Å²) in [7, 11) is 0. The van der Waals surface area contributed by atoms with E-state index in [1.807, 2.05) is 49.1 Å². The van der Waals surface area contributed by atoms with Gasteiger partial charge in [-0.1, -0.05) is 29.8 Å². The molecule has 0 saturated carbocycles. The molecule has 0 aliphatic carbocycles. The van der Waals surface area contributed by atoms with Gasteiger partial charge in [-0.3, -0.25) is 0 Å². The van der Waals surface area contributed by atoms with Crippen molar-refractivity contribution in [3.8, 4) is 0 Å². The lowest BCUT2D eigenvalue weighted by Gasteiger charge is -2.36. The number of rotatable bonds is 10. The molecule has 1 aromatic heterocycles. The van der Waals surface area contributed by atoms with E-state index < -0.39 is 0 Å². The number of para-hydroxylation sites is 1. The smallest absolute Gasteiger partial charge is 0.233 e. The van der Waals surface area contributed by atoms with Gasteiger partial charge >= 0.3 is 0 Å². The third-order valence-corrected chi connectivity index (χ3v) is 6.17. The molecule has 35 heavy (non-hydrogen) atoms. The number of anilines is 5. The minimum absolute atomic E-state index is 0.206. The Bertz CT molecular complexity index is 1120. The fraction of sp³-hybridized carbons (Fsp3) is 0.400. The molecule has 1 fully saturated rings. The second kappa shape index (κ2) is 12.0. The van der Waals surface area contributed by atoms with Gasteiger partial charge < -0.3 is 25.2 Å². The maximum absolute atomic E-state index is 14.2. The van der Waals surface area contributed by atoms with Crippen LogP contribution in [-0.2, 0) is 4.74 Å². The van der Waals surface area contributed by atoms with E-state index >= 15 is 0 Å². The Balaban J connectivity index is 1.49. The highest BCUT2D eigenvalue weighted by atomic mass is 35.5. The number of ether oxygens (including phenoxy) is 1. The van der Waals surface area contributed by atoms with Gasteiger partial charge in [-0.05, 0) is 50.1 Å². The summed E-state index contributed by atoms with van der Waals surface area (Å²) in [6.07, 6.45) is 0.840. The summed E-state index contributed by atoms with van der Waals surface area (Å²) in [6.45, 7) is 8.65. The first-order valence-corrected chi connectivity index (χ1v) is 12.3. The number of aromatic nitrogens is 3. The Hall–Kier alpha value is -3.17. The van der Waals surface area contributed by atoms with E-state index in [1.165, 1.54) is 6.07 Å². The molecule has 1 saturated heterocycles. The average molecular weight is 500 g/mol. The van der Waals surface area contributed by atoms with Crippen LogP contribution in [0.4, 0.5) is 33.6 Å². The minimum Gasteiger partial charge on any atom is -0.382 e. The number of nitrogens with zero attached hydrogens (tertiary/aromatic N) is 5. The Labute approximate surface area is 210 Å². The van der Waals surface area contributed by atoms with Gasteiger partial charge in [0.25, 0.3) is 0 Å². The van der Waals surface area contributed by atoms with Crippen LogP contribution >= 0.6 is 11.6 Å². The van der Waals surface area contributed by atoms with Crippen LogP contribution in [-0.4, -0.2) is 60.9 Å². The van der Waals surface area contributed by atoms with Crippen LogP contribution in [0, 0.1) is 12.7 Å². The van der Waals surface area contributed by atoms with Gasteiger partial charge in [0.1, 0.15) is 5.82 Å². The topological polar surface area (TPSA) is 78.4 Å². The van der Waals surface area contributed by atoms with Crippen molar-refractivity contribution in [3.05, 3.63) is 58.9 Å². The zero-order valence-corrected chi connectivity index (χ0v) is 20.9. The van der Waals surface area contributed by atoms with Crippen molar-refractivity contribution in [2.45, 2.75) is 20.3 Å². The van der Waals surface area contributed by atoms with Crippen LogP contribution in [0.25, 0.3) is 0 Å². The number of benzene rings is 2. The van der Waals surface area contributed by atoms with E-state index in [0.29, 0.717) is 74.5 Å². The lowest BCUT2D eigenvalue weighted by molar-refractivity contribution is 0.147. The van der Waals surface area contributed by atoms with Crippen molar-refractivity contribution in [2.75, 3.05) is 66.4 Å². The molecule has 1 aliphatic rings. The molecule has 0 amide bonds. The van der Waals surface area contributed by atoms with Crippen LogP contribution in [0.3, 0.4) is 0 Å². The molecule has 8 nitrogen and oxygen atoms in total. The Morgan fingerprint density at radius 2 is 1.74 bits per heavy atom. The van der Waals surface area contributed by atoms with E-state index in [2.05, 4.69) is 30.5 Å². The molecule has 1 aliphatic heterocycles. The third kappa shape index (κ3) is 6.70. The summed E-state index contributed by atoms with van der Waals surface area (Å²) in [6, 6.07) is 12.6. The quantitative estimate of drug-likeness (QED) is 0.382. The number of hydrogen-bond donors (Lipinski definition) is 2. The van der Waals surface area contributed by atoms with Crippen molar-refractivity contribution < 1.29 is 9.13 Å². The summed E-state index contributed by atoms with van der Waals surface area (Å²) in [5.74, 6) is 1.28. The normalized spacial score (nSPS) is 13.7. The predicted octanol–water partition coefficient (Wildman–Crippen LogP) is 4.88. The summed E-state index contributed by atoms with van der Waals surface area (Å²) < 4.78 is 19.6. The van der Waals surface area contributed by atoms with E-state index in [0.717, 1.165) is 17.7 Å². The van der Waals surface area contributed by atoms with Gasteiger partial charge in [0, 0.05) is 56.6 Å². The van der Waals surface area contributed by atoms with Crippen molar-refractivity contribution in [1.29, 1.82) is 0 Å². The number of halogens is 2. The van der Waals surface area contributed by atoms with Crippen molar-refractivity contribution in [2.24, 2.45) is 0 Å². The zero-order chi connectivity index (χ0) is 24.6. The fourth-order valence-electron chi connectivity index (χ4n) is 3.82. The molecular weight excluding hydrogens is 469 g/mol. The summed E-state index contributed by atoms with van der Waals surface area (Å²) in [5, 5.41) is 7.19. The first-order valence-electron chi connectivity index (χ1n) is 11.9. The molecule has 186 valence electrons. The zero-order valence-electron chi connectivity index (χ0n) is 20.1. The fourth-order valence-corrected chi connectivity index (χ4v) is 4.00. The molecule has 0 radical (unpaired) electrons. The molecule has 10 heteroatoms. The minimum atomic E-state index is -0.206. The monoisotopic (exact) mass is 499 g/mol. The van der Waals surface area contributed by atoms with E-state index in [-0.39, 0.29) is 5.82 Å². The molecule has 2 aromatic carbocycles. The van der Waals surface area contributed by atoms with Gasteiger partial charge in [0.2, 0.25) is 17.8 Å². The highest BCUT2D eigenvalue weighted by molar-refractivity contribution is 6.31. The number of nitrogens with one attached hydrogen (secondary N) is 2. The third-order valence-electron chi connectivity index (χ3n) is 5.76. The Morgan fingerprint density at radius 1 is 1.00 bits per heavy atom. The largest absolute Gasteiger partial charge is 0.382 e. The van der Waals surface area contributed by atoms with Gasteiger partial charge in [-0.15, -0.1) is 0 Å². The molecule has 0 atom stereocenters. The molecule has 0 bridgehead atoms. The van der Waals surface area contributed by atoms with Gasteiger partial charge in [0.15, 0.2) is 0 Å². The second-order valence-electron chi connectivity index (χ2n) is 8.27. The standard InChI is InChI=1S/C25H31ClFN7O/c1-3-35-16-6-11-28-23-30-24(29-19-10-9-18(2)20(26)17-19)32-25(31-23)34-14-12-33(13-15-34)22-8-5-4-7-21(22)27/h4-5,7-10,17H,3,6,11-16H2,1-2H3,(H2,28,29,30,31,32). The van der Waals surface area contributed by atoms with Crippen molar-refractivity contribution in [3.63, 3.8) is 0 Å². The number of hydrogen-bond acceptors (Lipinski definition) is 8. The van der Waals surface area contributed by atoms with Crippen LogP contribution in [0.5, 0.6) is 0 Å². The first-order chi connectivity index (χ1) is 17.0. The number of piperazine rings is 1. The predicted molar refractivity (Wildman–Crippen MR) is 140 cm³/mol. The van der Waals surface area contributed by atoms with Crippen LogP contribution in [0.1, 0.15) is 18.9 Å². The lowest BCUT2D eigenvalue weighted by atomic mass is 10.2. The molecule has 0 unspecified atom stereocenters. The SMILES string of the molecule is CCOCCCNc1nc(Nc2ccc(C)c(Cl)c2)nc(N2CCN(c3ccccc3F)CC2)n1. The molecular formula is C25H31ClFN7O.